The van der Waals surface area contributed by atoms with Crippen LogP contribution in [0.4, 0.5) is 0 Å². The van der Waals surface area contributed by atoms with Crippen molar-refractivity contribution in [2.45, 2.75) is 11.8 Å². The molecule has 0 radical (unpaired) electrons. The van der Waals surface area contributed by atoms with E-state index in [1.165, 1.54) is 0 Å². The van der Waals surface area contributed by atoms with E-state index in [-0.39, 0.29) is 25.4 Å². The molecule has 0 saturated carbocycles. The zero-order valence-corrected chi connectivity index (χ0v) is 13.2. The van der Waals surface area contributed by atoms with Crippen LogP contribution in [0.5, 0.6) is 23.0 Å². The molecule has 4 rings (SSSR count). The van der Waals surface area contributed by atoms with Crippen molar-refractivity contribution in [3.05, 3.63) is 72.8 Å². The standard InChI is InChI=1S/C20H18O4/c1-3-15(13-5-7-17-19(9-13)23-11-21-17)16(4-2)14-6-8-18-20(10-14)24-12-22-18/h3-10,15-16H,1-2,11-12H2. The van der Waals surface area contributed by atoms with E-state index in [1.807, 2.05) is 48.6 Å². The van der Waals surface area contributed by atoms with Crippen molar-refractivity contribution in [2.75, 3.05) is 13.6 Å². The van der Waals surface area contributed by atoms with Crippen LogP contribution in [0.15, 0.2) is 61.7 Å². The van der Waals surface area contributed by atoms with Gasteiger partial charge in [-0.3, -0.25) is 0 Å². The maximum Gasteiger partial charge on any atom is 0.231 e. The predicted octanol–water partition coefficient (Wildman–Crippen LogP) is 4.38. The summed E-state index contributed by atoms with van der Waals surface area (Å²) in [7, 11) is 0. The SMILES string of the molecule is C=CC(c1ccc2c(c1)OCO2)C(C=C)c1ccc2c(c1)OCO2. The molecule has 2 aliphatic rings. The van der Waals surface area contributed by atoms with E-state index in [2.05, 4.69) is 13.2 Å². The van der Waals surface area contributed by atoms with Crippen LogP contribution in [0.2, 0.25) is 0 Å². The Kier molecular flexibility index (Phi) is 3.65. The van der Waals surface area contributed by atoms with Gasteiger partial charge in [0.1, 0.15) is 0 Å². The number of ether oxygens (including phenoxy) is 4. The second-order valence-corrected chi connectivity index (χ2v) is 5.75. The lowest BCUT2D eigenvalue weighted by molar-refractivity contribution is 0.173. The first-order valence-electron chi connectivity index (χ1n) is 7.84. The van der Waals surface area contributed by atoms with E-state index in [9.17, 15) is 0 Å². The molecule has 0 saturated heterocycles. The van der Waals surface area contributed by atoms with Crippen LogP contribution >= 0.6 is 0 Å². The van der Waals surface area contributed by atoms with Gasteiger partial charge in [-0.25, -0.2) is 0 Å². The minimum atomic E-state index is 0.0670. The van der Waals surface area contributed by atoms with Gasteiger partial charge in [-0.15, -0.1) is 13.2 Å². The van der Waals surface area contributed by atoms with Gasteiger partial charge >= 0.3 is 0 Å². The molecule has 0 N–H and O–H groups in total. The summed E-state index contributed by atoms with van der Waals surface area (Å²) < 4.78 is 21.8. The minimum Gasteiger partial charge on any atom is -0.454 e. The topological polar surface area (TPSA) is 36.9 Å². The van der Waals surface area contributed by atoms with Gasteiger partial charge in [0, 0.05) is 11.8 Å². The first kappa shape index (κ1) is 14.7. The summed E-state index contributed by atoms with van der Waals surface area (Å²) in [6.07, 6.45) is 3.88. The van der Waals surface area contributed by atoms with Crippen LogP contribution < -0.4 is 18.9 Å². The van der Waals surface area contributed by atoms with Crippen molar-refractivity contribution in [3.63, 3.8) is 0 Å². The maximum atomic E-state index is 5.49. The average molecular weight is 322 g/mol. The Bertz CT molecular complexity index is 729. The Morgan fingerprint density at radius 2 is 1.08 bits per heavy atom. The Hall–Kier alpha value is -2.88. The molecule has 2 heterocycles. The minimum absolute atomic E-state index is 0.0670. The highest BCUT2D eigenvalue weighted by atomic mass is 16.7. The lowest BCUT2D eigenvalue weighted by Gasteiger charge is -2.23. The molecule has 4 nitrogen and oxygen atoms in total. The summed E-state index contributed by atoms with van der Waals surface area (Å²) in [5.74, 6) is 3.23. The van der Waals surface area contributed by atoms with E-state index in [1.54, 1.807) is 0 Å². The van der Waals surface area contributed by atoms with Crippen LogP contribution in [0.3, 0.4) is 0 Å². The fraction of sp³-hybridized carbons (Fsp3) is 0.200. The van der Waals surface area contributed by atoms with E-state index in [0.717, 1.165) is 34.1 Å². The first-order valence-corrected chi connectivity index (χ1v) is 7.84. The molecule has 24 heavy (non-hydrogen) atoms. The number of fused-ring (bicyclic) bond motifs is 2. The molecule has 0 fully saturated rings. The van der Waals surface area contributed by atoms with Crippen LogP contribution in [-0.2, 0) is 0 Å². The third-order valence-electron chi connectivity index (χ3n) is 4.46. The van der Waals surface area contributed by atoms with Gasteiger partial charge in [-0.1, -0.05) is 24.3 Å². The summed E-state index contributed by atoms with van der Waals surface area (Å²) in [5.41, 5.74) is 2.22. The molecule has 0 bridgehead atoms. The fourth-order valence-corrected chi connectivity index (χ4v) is 3.22. The number of allylic oxidation sites excluding steroid dienone is 2. The molecule has 0 aliphatic carbocycles. The molecule has 0 aromatic heterocycles. The lowest BCUT2D eigenvalue weighted by Crippen LogP contribution is -2.07. The number of hydrogen-bond donors (Lipinski definition) is 0. The zero-order chi connectivity index (χ0) is 16.5. The van der Waals surface area contributed by atoms with Crippen LogP contribution in [0.25, 0.3) is 0 Å². The van der Waals surface area contributed by atoms with Crippen LogP contribution in [0, 0.1) is 0 Å². The molecule has 2 aromatic carbocycles. The highest BCUT2D eigenvalue weighted by Crippen LogP contribution is 2.42. The van der Waals surface area contributed by atoms with Gasteiger partial charge in [-0.2, -0.15) is 0 Å². The maximum absolute atomic E-state index is 5.49. The van der Waals surface area contributed by atoms with Gasteiger partial charge in [0.2, 0.25) is 13.6 Å². The summed E-state index contributed by atoms with van der Waals surface area (Å²) in [4.78, 5) is 0. The van der Waals surface area contributed by atoms with E-state index in [4.69, 9.17) is 18.9 Å². The second-order valence-electron chi connectivity index (χ2n) is 5.75. The summed E-state index contributed by atoms with van der Waals surface area (Å²) in [6, 6.07) is 12.0. The largest absolute Gasteiger partial charge is 0.454 e. The quantitative estimate of drug-likeness (QED) is 0.765. The summed E-state index contributed by atoms with van der Waals surface area (Å²) in [5, 5.41) is 0. The Morgan fingerprint density at radius 1 is 0.667 bits per heavy atom. The summed E-state index contributed by atoms with van der Waals surface area (Å²) in [6.45, 7) is 8.58. The molecule has 2 aromatic rings. The first-order chi connectivity index (χ1) is 11.8. The Balaban J connectivity index is 1.70. The molecular formula is C20H18O4. The lowest BCUT2D eigenvalue weighted by atomic mass is 9.81. The molecule has 122 valence electrons. The normalized spacial score (nSPS) is 16.5. The smallest absolute Gasteiger partial charge is 0.231 e. The highest BCUT2D eigenvalue weighted by molar-refractivity contribution is 5.50. The third-order valence-corrected chi connectivity index (χ3v) is 4.46. The van der Waals surface area contributed by atoms with E-state index in [0.29, 0.717) is 0 Å². The van der Waals surface area contributed by atoms with Gasteiger partial charge < -0.3 is 18.9 Å². The monoisotopic (exact) mass is 322 g/mol. The van der Waals surface area contributed by atoms with Crippen LogP contribution in [-0.4, -0.2) is 13.6 Å². The van der Waals surface area contributed by atoms with Crippen LogP contribution in [0.1, 0.15) is 23.0 Å². The van der Waals surface area contributed by atoms with Gasteiger partial charge in [-0.05, 0) is 35.4 Å². The molecular weight excluding hydrogens is 304 g/mol. The number of hydrogen-bond acceptors (Lipinski definition) is 4. The predicted molar refractivity (Wildman–Crippen MR) is 91.0 cm³/mol. The Labute approximate surface area is 140 Å². The zero-order valence-electron chi connectivity index (χ0n) is 13.2. The summed E-state index contributed by atoms with van der Waals surface area (Å²) >= 11 is 0. The average Bonchev–Trinajstić information content (AvgIpc) is 3.26. The molecule has 0 amide bonds. The van der Waals surface area contributed by atoms with Crippen molar-refractivity contribution in [3.8, 4) is 23.0 Å². The van der Waals surface area contributed by atoms with Gasteiger partial charge in [0.25, 0.3) is 0 Å². The second kappa shape index (κ2) is 5.96. The molecule has 2 aliphatic heterocycles. The molecule has 2 unspecified atom stereocenters. The van der Waals surface area contributed by atoms with Crippen molar-refractivity contribution in [1.82, 2.24) is 0 Å². The number of rotatable bonds is 5. The van der Waals surface area contributed by atoms with Gasteiger partial charge in [0.15, 0.2) is 23.0 Å². The molecule has 0 spiro atoms. The molecule has 4 heteroatoms. The fourth-order valence-electron chi connectivity index (χ4n) is 3.22. The molecule has 2 atom stereocenters. The van der Waals surface area contributed by atoms with Crippen molar-refractivity contribution in [1.29, 1.82) is 0 Å². The van der Waals surface area contributed by atoms with Gasteiger partial charge in [0.05, 0.1) is 0 Å². The van der Waals surface area contributed by atoms with E-state index < -0.39 is 0 Å². The van der Waals surface area contributed by atoms with Crippen molar-refractivity contribution in [2.24, 2.45) is 0 Å². The Morgan fingerprint density at radius 3 is 1.50 bits per heavy atom. The van der Waals surface area contributed by atoms with Crippen molar-refractivity contribution >= 4 is 0 Å². The number of benzene rings is 2. The van der Waals surface area contributed by atoms with Crippen molar-refractivity contribution < 1.29 is 18.9 Å². The third kappa shape index (κ3) is 2.40. The highest BCUT2D eigenvalue weighted by Gasteiger charge is 2.24. The van der Waals surface area contributed by atoms with E-state index >= 15 is 0 Å².